The van der Waals surface area contributed by atoms with Crippen LogP contribution in [0, 0.1) is 13.8 Å². The molecule has 1 aromatic carbocycles. The molecular weight excluding hydrogens is 392 g/mol. The van der Waals surface area contributed by atoms with Crippen LogP contribution >= 0.6 is 0 Å². The van der Waals surface area contributed by atoms with Crippen molar-refractivity contribution in [2.24, 2.45) is 0 Å². The molecule has 1 N–H and O–H groups in total. The summed E-state index contributed by atoms with van der Waals surface area (Å²) < 4.78 is 5.70. The largest absolute Gasteiger partial charge is 0.438 e. The van der Waals surface area contributed by atoms with Crippen LogP contribution in [0.1, 0.15) is 46.8 Å². The number of carbonyl (C=O) groups excluding carboxylic acids is 1. The van der Waals surface area contributed by atoms with Crippen molar-refractivity contribution >= 4 is 11.7 Å². The molecule has 160 valence electrons. The molecule has 0 radical (unpaired) electrons. The fourth-order valence-electron chi connectivity index (χ4n) is 3.50. The van der Waals surface area contributed by atoms with Crippen LogP contribution in [0.4, 0.5) is 5.82 Å². The van der Waals surface area contributed by atoms with E-state index < -0.39 is 0 Å². The first-order valence-electron chi connectivity index (χ1n) is 10.5. The molecule has 4 rings (SSSR count). The summed E-state index contributed by atoms with van der Waals surface area (Å²) in [5.41, 5.74) is 2.19. The van der Waals surface area contributed by atoms with Gasteiger partial charge >= 0.3 is 0 Å². The minimum absolute atomic E-state index is 0.218. The Kier molecular flexibility index (Phi) is 6.35. The molecule has 8 nitrogen and oxygen atoms in total. The molecule has 3 aromatic rings. The zero-order valence-corrected chi connectivity index (χ0v) is 17.8. The summed E-state index contributed by atoms with van der Waals surface area (Å²) in [6.07, 6.45) is 3.63. The first-order chi connectivity index (χ1) is 15.1. The number of carbonyl (C=O) groups is 1. The Morgan fingerprint density at radius 1 is 1.00 bits per heavy atom. The number of aryl methyl sites for hydroxylation is 2. The number of amides is 1. The zero-order chi connectivity index (χ0) is 21.6. The van der Waals surface area contributed by atoms with Crippen LogP contribution in [-0.4, -0.2) is 39.2 Å². The van der Waals surface area contributed by atoms with Crippen LogP contribution < -0.4 is 15.0 Å². The molecule has 8 heteroatoms. The lowest BCUT2D eigenvalue weighted by molar-refractivity contribution is 0.0949. The van der Waals surface area contributed by atoms with E-state index in [9.17, 15) is 4.79 Å². The highest BCUT2D eigenvalue weighted by Crippen LogP contribution is 2.21. The summed E-state index contributed by atoms with van der Waals surface area (Å²) in [4.78, 5) is 24.1. The number of anilines is 1. The zero-order valence-electron chi connectivity index (χ0n) is 17.8. The van der Waals surface area contributed by atoms with Crippen molar-refractivity contribution in [3.63, 3.8) is 0 Å². The molecule has 0 bridgehead atoms. The summed E-state index contributed by atoms with van der Waals surface area (Å²) >= 11 is 0. The molecular formula is C23H26N6O2. The second-order valence-corrected chi connectivity index (χ2v) is 7.66. The summed E-state index contributed by atoms with van der Waals surface area (Å²) in [7, 11) is 0. The summed E-state index contributed by atoms with van der Waals surface area (Å²) in [6, 6.07) is 12.5. The van der Waals surface area contributed by atoms with Gasteiger partial charge in [0.05, 0.1) is 12.2 Å². The Hall–Kier alpha value is -3.55. The van der Waals surface area contributed by atoms with E-state index in [2.05, 4.69) is 30.4 Å². The van der Waals surface area contributed by atoms with Gasteiger partial charge in [0.2, 0.25) is 5.88 Å². The van der Waals surface area contributed by atoms with Gasteiger partial charge in [-0.3, -0.25) is 4.79 Å². The number of nitrogens with zero attached hydrogens (tertiary/aromatic N) is 5. The third-order valence-corrected chi connectivity index (χ3v) is 5.07. The normalized spacial score (nSPS) is 13.7. The van der Waals surface area contributed by atoms with Crippen molar-refractivity contribution in [3.8, 4) is 11.6 Å². The highest BCUT2D eigenvalue weighted by molar-refractivity contribution is 5.94. The van der Waals surface area contributed by atoms with E-state index in [1.165, 1.54) is 19.3 Å². The Balaban J connectivity index is 1.40. The van der Waals surface area contributed by atoms with Crippen molar-refractivity contribution in [2.75, 3.05) is 18.0 Å². The van der Waals surface area contributed by atoms with Gasteiger partial charge in [-0.2, -0.15) is 5.10 Å². The molecule has 31 heavy (non-hydrogen) atoms. The first kappa shape index (κ1) is 20.7. The third kappa shape index (κ3) is 5.53. The molecule has 2 aromatic heterocycles. The van der Waals surface area contributed by atoms with Gasteiger partial charge in [-0.15, -0.1) is 5.10 Å². The Morgan fingerprint density at radius 2 is 1.84 bits per heavy atom. The number of hydrogen-bond acceptors (Lipinski definition) is 7. The molecule has 0 aliphatic carbocycles. The number of nitrogens with one attached hydrogen (secondary N) is 1. The van der Waals surface area contributed by atoms with Crippen LogP contribution in [-0.2, 0) is 6.54 Å². The first-order valence-corrected chi connectivity index (χ1v) is 10.5. The van der Waals surface area contributed by atoms with E-state index in [4.69, 9.17) is 4.74 Å². The lowest BCUT2D eigenvalue weighted by atomic mass is 10.1. The maximum Gasteiger partial charge on any atom is 0.251 e. The predicted molar refractivity (Wildman–Crippen MR) is 117 cm³/mol. The lowest BCUT2D eigenvalue weighted by Crippen LogP contribution is -2.31. The van der Waals surface area contributed by atoms with Crippen molar-refractivity contribution in [3.05, 3.63) is 65.2 Å². The molecule has 0 spiro atoms. The summed E-state index contributed by atoms with van der Waals surface area (Å²) in [5.74, 6) is 2.22. The van der Waals surface area contributed by atoms with E-state index in [1.54, 1.807) is 30.3 Å². The molecule has 1 aliphatic rings. The quantitative estimate of drug-likeness (QED) is 0.654. The van der Waals surface area contributed by atoms with Crippen LogP contribution in [0.3, 0.4) is 0 Å². The fourth-order valence-corrected chi connectivity index (χ4v) is 3.50. The van der Waals surface area contributed by atoms with E-state index >= 15 is 0 Å². The maximum atomic E-state index is 12.7. The van der Waals surface area contributed by atoms with E-state index in [1.807, 2.05) is 26.0 Å². The van der Waals surface area contributed by atoms with Crippen molar-refractivity contribution in [1.82, 2.24) is 25.5 Å². The number of aromatic nitrogens is 4. The van der Waals surface area contributed by atoms with Crippen LogP contribution in [0.5, 0.6) is 11.6 Å². The Bertz CT molecular complexity index is 1050. The summed E-state index contributed by atoms with van der Waals surface area (Å²) in [6.45, 7) is 6.10. The molecule has 0 atom stereocenters. The van der Waals surface area contributed by atoms with Gasteiger partial charge < -0.3 is 15.0 Å². The molecule has 0 saturated carbocycles. The molecule has 0 unspecified atom stereocenters. The van der Waals surface area contributed by atoms with E-state index in [0.29, 0.717) is 23.0 Å². The SMILES string of the molecule is Cc1ccc(Oc2cccc(C(=O)NCc3nc(C)cc(N4CCCCC4)n3)c2)nn1. The van der Waals surface area contributed by atoms with Gasteiger partial charge in [-0.25, -0.2) is 9.97 Å². The summed E-state index contributed by atoms with van der Waals surface area (Å²) in [5, 5.41) is 10.9. The smallest absolute Gasteiger partial charge is 0.251 e. The van der Waals surface area contributed by atoms with E-state index in [0.717, 1.165) is 30.3 Å². The van der Waals surface area contributed by atoms with Gasteiger partial charge in [-0.05, 0) is 57.4 Å². The highest BCUT2D eigenvalue weighted by Gasteiger charge is 2.15. The molecule has 1 aliphatic heterocycles. The van der Waals surface area contributed by atoms with Gasteiger partial charge in [0.15, 0.2) is 0 Å². The molecule has 1 saturated heterocycles. The van der Waals surface area contributed by atoms with Gasteiger partial charge in [0, 0.05) is 36.5 Å². The number of ether oxygens (including phenoxy) is 1. The van der Waals surface area contributed by atoms with Gasteiger partial charge in [0.1, 0.15) is 17.4 Å². The van der Waals surface area contributed by atoms with Crippen LogP contribution in [0.25, 0.3) is 0 Å². The van der Waals surface area contributed by atoms with Gasteiger partial charge in [0.25, 0.3) is 5.91 Å². The van der Waals surface area contributed by atoms with Crippen LogP contribution in [0.15, 0.2) is 42.5 Å². The van der Waals surface area contributed by atoms with Crippen molar-refractivity contribution in [2.45, 2.75) is 39.7 Å². The monoisotopic (exact) mass is 418 g/mol. The lowest BCUT2D eigenvalue weighted by Gasteiger charge is -2.28. The molecule has 1 fully saturated rings. The highest BCUT2D eigenvalue weighted by atomic mass is 16.5. The van der Waals surface area contributed by atoms with Crippen molar-refractivity contribution < 1.29 is 9.53 Å². The Labute approximate surface area is 181 Å². The van der Waals surface area contributed by atoms with Crippen molar-refractivity contribution in [1.29, 1.82) is 0 Å². The van der Waals surface area contributed by atoms with E-state index in [-0.39, 0.29) is 12.5 Å². The number of benzene rings is 1. The molecule has 1 amide bonds. The number of rotatable bonds is 6. The molecule has 3 heterocycles. The minimum Gasteiger partial charge on any atom is -0.438 e. The average molecular weight is 419 g/mol. The average Bonchev–Trinajstić information content (AvgIpc) is 2.79. The number of hydrogen-bond donors (Lipinski definition) is 1. The van der Waals surface area contributed by atoms with Gasteiger partial charge in [-0.1, -0.05) is 6.07 Å². The maximum absolute atomic E-state index is 12.7. The van der Waals surface area contributed by atoms with Crippen LogP contribution in [0.2, 0.25) is 0 Å². The third-order valence-electron chi connectivity index (χ3n) is 5.07. The number of piperidine rings is 1. The minimum atomic E-state index is -0.218. The topological polar surface area (TPSA) is 93.1 Å². The fraction of sp³-hybridized carbons (Fsp3) is 0.348. The second kappa shape index (κ2) is 9.51. The predicted octanol–water partition coefficient (Wildman–Crippen LogP) is 3.60. The Morgan fingerprint density at radius 3 is 2.61 bits per heavy atom. The standard InChI is InChI=1S/C23H26N6O2/c1-16-9-10-22(28-27-16)31-19-8-6-7-18(14-19)23(30)24-15-20-25-17(2)13-21(26-20)29-11-4-3-5-12-29/h6-10,13-14H,3-5,11-12,15H2,1-2H3,(H,24,30). The second-order valence-electron chi connectivity index (χ2n) is 7.66.